The summed E-state index contributed by atoms with van der Waals surface area (Å²) >= 11 is 6.17. The van der Waals surface area contributed by atoms with Gasteiger partial charge in [-0.05, 0) is 31.9 Å². The quantitative estimate of drug-likeness (QED) is 0.836. The third-order valence-corrected chi connectivity index (χ3v) is 4.14. The number of halogens is 1. The molecule has 0 aliphatic carbocycles. The molecule has 1 rings (SSSR count). The highest BCUT2D eigenvalue weighted by Gasteiger charge is 2.26. The Balaban J connectivity index is 2.91. The van der Waals surface area contributed by atoms with E-state index in [1.165, 1.54) is 0 Å². The standard InChI is InChI=1S/C17H25ClN2O2/c1-5-12(3)19-17(22)13(4)20(16(21)6-2)11-14-9-7-8-10-15(14)18/h7-10,12-13H,5-6,11H2,1-4H3,(H,19,22)/t12-,13-/m1/s1. The highest BCUT2D eigenvalue weighted by Crippen LogP contribution is 2.19. The van der Waals surface area contributed by atoms with Gasteiger partial charge in [0, 0.05) is 24.0 Å². The molecule has 0 radical (unpaired) electrons. The number of nitrogens with one attached hydrogen (secondary N) is 1. The Kier molecular flexibility index (Phi) is 7.39. The fraction of sp³-hybridized carbons (Fsp3) is 0.529. The fourth-order valence-corrected chi connectivity index (χ4v) is 2.26. The summed E-state index contributed by atoms with van der Waals surface area (Å²) in [6, 6.07) is 6.94. The maximum absolute atomic E-state index is 12.3. The average Bonchev–Trinajstić information content (AvgIpc) is 2.52. The van der Waals surface area contributed by atoms with Crippen LogP contribution in [-0.2, 0) is 16.1 Å². The van der Waals surface area contributed by atoms with Crippen LogP contribution in [0.4, 0.5) is 0 Å². The Morgan fingerprint density at radius 3 is 2.41 bits per heavy atom. The van der Waals surface area contributed by atoms with Crippen LogP contribution in [0.1, 0.15) is 46.1 Å². The maximum Gasteiger partial charge on any atom is 0.242 e. The second kappa shape index (κ2) is 8.79. The summed E-state index contributed by atoms with van der Waals surface area (Å²) < 4.78 is 0. The van der Waals surface area contributed by atoms with Gasteiger partial charge in [-0.2, -0.15) is 0 Å². The summed E-state index contributed by atoms with van der Waals surface area (Å²) in [7, 11) is 0. The van der Waals surface area contributed by atoms with Crippen LogP contribution in [0.3, 0.4) is 0 Å². The lowest BCUT2D eigenvalue weighted by atomic mass is 10.1. The third kappa shape index (κ3) is 5.02. The lowest BCUT2D eigenvalue weighted by Crippen LogP contribution is -2.49. The predicted molar refractivity (Wildman–Crippen MR) is 89.7 cm³/mol. The van der Waals surface area contributed by atoms with Crippen molar-refractivity contribution < 1.29 is 9.59 Å². The Bertz CT molecular complexity index is 519. The summed E-state index contributed by atoms with van der Waals surface area (Å²) in [5, 5.41) is 3.53. The smallest absolute Gasteiger partial charge is 0.242 e. The minimum atomic E-state index is -0.530. The fourth-order valence-electron chi connectivity index (χ4n) is 2.06. The second-order valence-corrected chi connectivity index (χ2v) is 5.87. The van der Waals surface area contributed by atoms with Crippen LogP contribution >= 0.6 is 11.6 Å². The van der Waals surface area contributed by atoms with E-state index < -0.39 is 6.04 Å². The molecule has 22 heavy (non-hydrogen) atoms. The number of hydrogen-bond acceptors (Lipinski definition) is 2. The topological polar surface area (TPSA) is 49.4 Å². The molecule has 122 valence electrons. The number of carbonyl (C=O) groups is 2. The molecule has 0 saturated carbocycles. The van der Waals surface area contributed by atoms with Crippen molar-refractivity contribution in [2.45, 2.75) is 59.2 Å². The van der Waals surface area contributed by atoms with E-state index in [4.69, 9.17) is 11.6 Å². The molecule has 1 aromatic rings. The van der Waals surface area contributed by atoms with Crippen LogP contribution in [0.15, 0.2) is 24.3 Å². The zero-order valence-corrected chi connectivity index (χ0v) is 14.5. The molecule has 0 unspecified atom stereocenters. The molecule has 0 aromatic heterocycles. The highest BCUT2D eigenvalue weighted by atomic mass is 35.5. The number of carbonyl (C=O) groups excluding carboxylic acids is 2. The molecule has 0 spiro atoms. The number of benzene rings is 1. The minimum Gasteiger partial charge on any atom is -0.352 e. The monoisotopic (exact) mass is 324 g/mol. The van der Waals surface area contributed by atoms with Crippen molar-refractivity contribution in [2.24, 2.45) is 0 Å². The molecule has 4 nitrogen and oxygen atoms in total. The number of nitrogens with zero attached hydrogens (tertiary/aromatic N) is 1. The zero-order valence-electron chi connectivity index (χ0n) is 13.7. The van der Waals surface area contributed by atoms with Gasteiger partial charge < -0.3 is 10.2 Å². The first-order valence-corrected chi connectivity index (χ1v) is 8.11. The van der Waals surface area contributed by atoms with E-state index in [2.05, 4.69) is 5.32 Å². The molecule has 1 N–H and O–H groups in total. The van der Waals surface area contributed by atoms with Crippen molar-refractivity contribution in [3.8, 4) is 0 Å². The normalized spacial score (nSPS) is 13.3. The minimum absolute atomic E-state index is 0.0632. The van der Waals surface area contributed by atoms with Gasteiger partial charge in [0.1, 0.15) is 6.04 Å². The van der Waals surface area contributed by atoms with Crippen LogP contribution in [0.25, 0.3) is 0 Å². The molecule has 0 fully saturated rings. The summed E-state index contributed by atoms with van der Waals surface area (Å²) in [5.74, 6) is -0.199. The van der Waals surface area contributed by atoms with Crippen molar-refractivity contribution in [2.75, 3.05) is 0 Å². The highest BCUT2D eigenvalue weighted by molar-refractivity contribution is 6.31. The summed E-state index contributed by atoms with van der Waals surface area (Å²) in [5.41, 5.74) is 0.842. The Hall–Kier alpha value is -1.55. The number of amides is 2. The van der Waals surface area contributed by atoms with E-state index in [0.717, 1.165) is 12.0 Å². The van der Waals surface area contributed by atoms with Crippen molar-refractivity contribution in [1.82, 2.24) is 10.2 Å². The van der Waals surface area contributed by atoms with Crippen molar-refractivity contribution >= 4 is 23.4 Å². The number of hydrogen-bond donors (Lipinski definition) is 1. The van der Waals surface area contributed by atoms with Crippen molar-refractivity contribution in [1.29, 1.82) is 0 Å². The molecule has 0 heterocycles. The molecule has 0 saturated heterocycles. The van der Waals surface area contributed by atoms with Gasteiger partial charge in [0.05, 0.1) is 0 Å². The molecule has 0 bridgehead atoms. The van der Waals surface area contributed by atoms with E-state index >= 15 is 0 Å². The van der Waals surface area contributed by atoms with Crippen molar-refractivity contribution in [3.63, 3.8) is 0 Å². The first kappa shape index (κ1) is 18.5. The number of rotatable bonds is 7. The van der Waals surface area contributed by atoms with Gasteiger partial charge in [0.25, 0.3) is 0 Å². The van der Waals surface area contributed by atoms with Gasteiger partial charge in [0.2, 0.25) is 11.8 Å². The Morgan fingerprint density at radius 1 is 1.23 bits per heavy atom. The van der Waals surface area contributed by atoms with Gasteiger partial charge in [-0.15, -0.1) is 0 Å². The van der Waals surface area contributed by atoms with Crippen LogP contribution in [-0.4, -0.2) is 28.8 Å². The first-order valence-electron chi connectivity index (χ1n) is 7.73. The lowest BCUT2D eigenvalue weighted by molar-refractivity contribution is -0.140. The molecule has 0 aliphatic rings. The lowest BCUT2D eigenvalue weighted by Gasteiger charge is -2.29. The van der Waals surface area contributed by atoms with Crippen LogP contribution in [0.2, 0.25) is 5.02 Å². The summed E-state index contributed by atoms with van der Waals surface area (Å²) in [4.78, 5) is 26.1. The van der Waals surface area contributed by atoms with Gasteiger partial charge >= 0.3 is 0 Å². The molecular formula is C17H25ClN2O2. The van der Waals surface area contributed by atoms with Gasteiger partial charge in [-0.1, -0.05) is 43.6 Å². The van der Waals surface area contributed by atoms with E-state index in [-0.39, 0.29) is 17.9 Å². The molecule has 5 heteroatoms. The maximum atomic E-state index is 12.3. The van der Waals surface area contributed by atoms with Crippen LogP contribution in [0, 0.1) is 0 Å². The van der Waals surface area contributed by atoms with Crippen molar-refractivity contribution in [3.05, 3.63) is 34.9 Å². The molecule has 1 aromatic carbocycles. The zero-order chi connectivity index (χ0) is 16.7. The van der Waals surface area contributed by atoms with E-state index in [1.807, 2.05) is 32.0 Å². The Morgan fingerprint density at radius 2 is 1.86 bits per heavy atom. The Labute approximate surface area is 137 Å². The van der Waals surface area contributed by atoms with E-state index in [0.29, 0.717) is 18.0 Å². The van der Waals surface area contributed by atoms with Gasteiger partial charge in [-0.3, -0.25) is 9.59 Å². The summed E-state index contributed by atoms with van der Waals surface area (Å²) in [6.45, 7) is 7.84. The largest absolute Gasteiger partial charge is 0.352 e. The molecule has 0 aliphatic heterocycles. The second-order valence-electron chi connectivity index (χ2n) is 5.46. The molecule has 2 amide bonds. The van der Waals surface area contributed by atoms with Crippen LogP contribution in [0.5, 0.6) is 0 Å². The molecule has 2 atom stereocenters. The summed E-state index contributed by atoms with van der Waals surface area (Å²) in [6.07, 6.45) is 1.20. The SMILES string of the molecule is CCC(=O)N(Cc1ccccc1Cl)[C@H](C)C(=O)N[C@H](C)CC. The van der Waals surface area contributed by atoms with Gasteiger partial charge in [0.15, 0.2) is 0 Å². The predicted octanol–water partition coefficient (Wildman–Crippen LogP) is 3.38. The molecular weight excluding hydrogens is 300 g/mol. The average molecular weight is 325 g/mol. The first-order chi connectivity index (χ1) is 10.4. The third-order valence-electron chi connectivity index (χ3n) is 3.77. The van der Waals surface area contributed by atoms with E-state index in [1.54, 1.807) is 24.8 Å². The van der Waals surface area contributed by atoms with Gasteiger partial charge in [-0.25, -0.2) is 0 Å². The van der Waals surface area contributed by atoms with E-state index in [9.17, 15) is 9.59 Å². The van der Waals surface area contributed by atoms with Crippen LogP contribution < -0.4 is 5.32 Å².